The van der Waals surface area contributed by atoms with Crippen molar-refractivity contribution in [2.75, 3.05) is 6.54 Å². The lowest BCUT2D eigenvalue weighted by Crippen LogP contribution is -2.36. The Morgan fingerprint density at radius 3 is 2.56 bits per heavy atom. The number of rotatable bonds is 4. The fourth-order valence-electron chi connectivity index (χ4n) is 1.84. The molecule has 1 rings (SSSR count). The van der Waals surface area contributed by atoms with E-state index < -0.39 is 5.92 Å². The van der Waals surface area contributed by atoms with Crippen molar-refractivity contribution in [3.8, 4) is 0 Å². The zero-order chi connectivity index (χ0) is 12.2. The number of carbonyl (C=O) groups is 1. The minimum Gasteiger partial charge on any atom is -0.356 e. The Morgan fingerprint density at radius 2 is 2.06 bits per heavy atom. The van der Waals surface area contributed by atoms with Gasteiger partial charge in [0, 0.05) is 30.7 Å². The van der Waals surface area contributed by atoms with E-state index in [9.17, 15) is 13.6 Å². The van der Waals surface area contributed by atoms with Crippen molar-refractivity contribution in [1.29, 1.82) is 0 Å². The van der Waals surface area contributed by atoms with Gasteiger partial charge in [-0.05, 0) is 26.2 Å². The number of alkyl halides is 3. The van der Waals surface area contributed by atoms with Crippen LogP contribution in [0.2, 0.25) is 0 Å². The first-order chi connectivity index (χ1) is 7.41. The summed E-state index contributed by atoms with van der Waals surface area (Å²) in [5.41, 5.74) is 0. The molecule has 1 amide bonds. The molecular weight excluding hydrogens is 236 g/mol. The normalized spacial score (nSPS) is 22.8. The highest BCUT2D eigenvalue weighted by molar-refractivity contribution is 6.20. The summed E-state index contributed by atoms with van der Waals surface area (Å²) in [5.74, 6) is -2.92. The molecule has 5 heteroatoms. The summed E-state index contributed by atoms with van der Waals surface area (Å²) in [5, 5.41) is 2.77. The minimum atomic E-state index is -2.57. The van der Waals surface area contributed by atoms with Crippen molar-refractivity contribution in [3.63, 3.8) is 0 Å². The van der Waals surface area contributed by atoms with Crippen molar-refractivity contribution in [3.05, 3.63) is 0 Å². The zero-order valence-electron chi connectivity index (χ0n) is 9.44. The molecule has 0 aromatic rings. The Labute approximate surface area is 99.7 Å². The fourth-order valence-corrected chi connectivity index (χ4v) is 1.95. The second kappa shape index (κ2) is 5.80. The van der Waals surface area contributed by atoms with E-state index in [-0.39, 0.29) is 42.9 Å². The van der Waals surface area contributed by atoms with Gasteiger partial charge in [-0.1, -0.05) is 0 Å². The third-order valence-electron chi connectivity index (χ3n) is 2.93. The molecule has 0 saturated heterocycles. The number of carbonyl (C=O) groups excluding carboxylic acids is 1. The topological polar surface area (TPSA) is 29.1 Å². The molecule has 2 nitrogen and oxygen atoms in total. The Bertz CT molecular complexity index is 236. The summed E-state index contributed by atoms with van der Waals surface area (Å²) >= 11 is 5.73. The molecule has 94 valence electrons. The van der Waals surface area contributed by atoms with Crippen molar-refractivity contribution in [1.82, 2.24) is 5.32 Å². The van der Waals surface area contributed by atoms with Crippen LogP contribution in [0.5, 0.6) is 0 Å². The second-order valence-corrected chi connectivity index (χ2v) is 5.24. The maximum absolute atomic E-state index is 12.8. The number of nitrogens with one attached hydrogen (secondary N) is 1. The first-order valence-electron chi connectivity index (χ1n) is 5.70. The minimum absolute atomic E-state index is 0.0241. The maximum atomic E-state index is 12.8. The Kier molecular flexibility index (Phi) is 4.96. The average molecular weight is 254 g/mol. The predicted octanol–water partition coefficient (Wildman–Crippen LogP) is 2.95. The zero-order valence-corrected chi connectivity index (χ0v) is 10.2. The van der Waals surface area contributed by atoms with Gasteiger partial charge in [0.25, 0.3) is 0 Å². The Morgan fingerprint density at radius 1 is 1.50 bits per heavy atom. The molecule has 1 N–H and O–H groups in total. The molecule has 1 aliphatic rings. The molecule has 1 saturated carbocycles. The third kappa shape index (κ3) is 4.64. The van der Waals surface area contributed by atoms with E-state index in [1.165, 1.54) is 0 Å². The summed E-state index contributed by atoms with van der Waals surface area (Å²) in [4.78, 5) is 11.6. The van der Waals surface area contributed by atoms with Gasteiger partial charge in [-0.3, -0.25) is 4.79 Å². The molecule has 0 aromatic carbocycles. The van der Waals surface area contributed by atoms with Crippen LogP contribution in [0.1, 0.15) is 39.0 Å². The van der Waals surface area contributed by atoms with Crippen molar-refractivity contribution in [2.45, 2.75) is 50.3 Å². The Balaban J connectivity index is 2.23. The summed E-state index contributed by atoms with van der Waals surface area (Å²) in [6.45, 7) is 2.38. The van der Waals surface area contributed by atoms with Gasteiger partial charge in [-0.2, -0.15) is 0 Å². The molecular formula is C11H18ClF2NO. The standard InChI is InChI=1S/C11H18ClF2NO/c1-8(12)4-7-15-10(16)9-2-5-11(13,14)6-3-9/h8-9H,2-7H2,1H3,(H,15,16). The SMILES string of the molecule is CC(Cl)CCNC(=O)C1CCC(F)(F)CC1. The second-order valence-electron chi connectivity index (χ2n) is 4.49. The van der Waals surface area contributed by atoms with Crippen LogP contribution >= 0.6 is 11.6 Å². The van der Waals surface area contributed by atoms with E-state index in [1.54, 1.807) is 0 Å². The van der Waals surface area contributed by atoms with E-state index in [0.717, 1.165) is 0 Å². The number of hydrogen-bond acceptors (Lipinski definition) is 1. The highest BCUT2D eigenvalue weighted by atomic mass is 35.5. The van der Waals surface area contributed by atoms with Crippen LogP contribution < -0.4 is 5.32 Å². The van der Waals surface area contributed by atoms with Crippen LogP contribution in [0, 0.1) is 5.92 Å². The molecule has 0 bridgehead atoms. The smallest absolute Gasteiger partial charge is 0.248 e. The van der Waals surface area contributed by atoms with Gasteiger partial charge in [-0.25, -0.2) is 8.78 Å². The molecule has 1 unspecified atom stereocenters. The molecule has 0 aliphatic heterocycles. The lowest BCUT2D eigenvalue weighted by Gasteiger charge is -2.27. The van der Waals surface area contributed by atoms with Gasteiger partial charge in [0.05, 0.1) is 0 Å². The third-order valence-corrected chi connectivity index (χ3v) is 3.15. The molecule has 0 spiro atoms. The van der Waals surface area contributed by atoms with Crippen LogP contribution in [0.3, 0.4) is 0 Å². The largest absolute Gasteiger partial charge is 0.356 e. The number of amides is 1. The van der Waals surface area contributed by atoms with Gasteiger partial charge >= 0.3 is 0 Å². The summed E-state index contributed by atoms with van der Waals surface area (Å²) < 4.78 is 25.7. The fraction of sp³-hybridized carbons (Fsp3) is 0.909. The van der Waals surface area contributed by atoms with E-state index >= 15 is 0 Å². The van der Waals surface area contributed by atoms with Gasteiger partial charge in [-0.15, -0.1) is 11.6 Å². The van der Waals surface area contributed by atoms with Crippen LogP contribution in [0.4, 0.5) is 8.78 Å². The monoisotopic (exact) mass is 253 g/mol. The molecule has 1 aliphatic carbocycles. The number of halogens is 3. The quantitative estimate of drug-likeness (QED) is 0.767. The molecule has 0 radical (unpaired) electrons. The lowest BCUT2D eigenvalue weighted by atomic mass is 9.86. The number of hydrogen-bond donors (Lipinski definition) is 1. The summed E-state index contributed by atoms with van der Waals surface area (Å²) in [6.07, 6.45) is 0.939. The lowest BCUT2D eigenvalue weighted by molar-refractivity contribution is -0.129. The van der Waals surface area contributed by atoms with E-state index in [0.29, 0.717) is 13.0 Å². The van der Waals surface area contributed by atoms with Gasteiger partial charge < -0.3 is 5.32 Å². The van der Waals surface area contributed by atoms with Crippen LogP contribution in [-0.4, -0.2) is 23.8 Å². The first-order valence-corrected chi connectivity index (χ1v) is 6.14. The highest BCUT2D eigenvalue weighted by Crippen LogP contribution is 2.36. The first kappa shape index (κ1) is 13.7. The summed E-state index contributed by atoms with van der Waals surface area (Å²) in [6, 6.07) is 0. The highest BCUT2D eigenvalue weighted by Gasteiger charge is 2.37. The van der Waals surface area contributed by atoms with E-state index in [1.807, 2.05) is 6.92 Å². The molecule has 0 heterocycles. The molecule has 1 atom stereocenters. The predicted molar refractivity (Wildman–Crippen MR) is 59.8 cm³/mol. The van der Waals surface area contributed by atoms with Crippen LogP contribution in [-0.2, 0) is 4.79 Å². The molecule has 1 fully saturated rings. The van der Waals surface area contributed by atoms with Gasteiger partial charge in [0.1, 0.15) is 0 Å². The van der Waals surface area contributed by atoms with Crippen molar-refractivity contribution < 1.29 is 13.6 Å². The maximum Gasteiger partial charge on any atom is 0.248 e. The van der Waals surface area contributed by atoms with Gasteiger partial charge in [0.2, 0.25) is 11.8 Å². The van der Waals surface area contributed by atoms with Crippen molar-refractivity contribution in [2.24, 2.45) is 5.92 Å². The van der Waals surface area contributed by atoms with E-state index in [2.05, 4.69) is 5.32 Å². The molecule has 16 heavy (non-hydrogen) atoms. The van der Waals surface area contributed by atoms with E-state index in [4.69, 9.17) is 11.6 Å². The van der Waals surface area contributed by atoms with Crippen LogP contribution in [0.25, 0.3) is 0 Å². The molecule has 0 aromatic heterocycles. The van der Waals surface area contributed by atoms with Gasteiger partial charge in [0.15, 0.2) is 0 Å². The summed E-state index contributed by atoms with van der Waals surface area (Å²) in [7, 11) is 0. The van der Waals surface area contributed by atoms with Crippen LogP contribution in [0.15, 0.2) is 0 Å². The average Bonchev–Trinajstić information content (AvgIpc) is 2.16. The van der Waals surface area contributed by atoms with Crippen molar-refractivity contribution >= 4 is 17.5 Å². The Hall–Kier alpha value is -0.380.